The highest BCUT2D eigenvalue weighted by atomic mass is 16.5. The zero-order chi connectivity index (χ0) is 11.2. The first kappa shape index (κ1) is 14.9. The lowest BCUT2D eigenvalue weighted by Crippen LogP contribution is -2.01. The lowest BCUT2D eigenvalue weighted by molar-refractivity contribution is 0.0868. The van der Waals surface area contributed by atoms with Gasteiger partial charge in [-0.1, -0.05) is 46.0 Å². The first-order valence-electron chi connectivity index (χ1n) is 6.42. The molecule has 0 amide bonds. The van der Waals surface area contributed by atoms with Crippen molar-refractivity contribution < 1.29 is 9.47 Å². The van der Waals surface area contributed by atoms with E-state index in [1.54, 1.807) is 6.61 Å². The van der Waals surface area contributed by atoms with E-state index in [0.29, 0.717) is 6.61 Å². The topological polar surface area (TPSA) is 18.5 Å². The molecule has 0 heterocycles. The molecule has 2 heteroatoms. The lowest BCUT2D eigenvalue weighted by atomic mass is 10.2. The van der Waals surface area contributed by atoms with Gasteiger partial charge >= 0.3 is 0 Å². The van der Waals surface area contributed by atoms with Gasteiger partial charge in [0, 0.05) is 13.2 Å². The van der Waals surface area contributed by atoms with Gasteiger partial charge in [-0.2, -0.15) is 0 Å². The zero-order valence-electron chi connectivity index (χ0n) is 10.5. The van der Waals surface area contributed by atoms with Gasteiger partial charge in [0.2, 0.25) is 0 Å². The quantitative estimate of drug-likeness (QED) is 0.459. The molecule has 0 aromatic carbocycles. The Morgan fingerprint density at radius 2 is 1.47 bits per heavy atom. The van der Waals surface area contributed by atoms with E-state index in [2.05, 4.69) is 13.8 Å². The Labute approximate surface area is 95.3 Å². The van der Waals surface area contributed by atoms with Crippen LogP contribution in [0.3, 0.4) is 0 Å². The van der Waals surface area contributed by atoms with E-state index in [1.807, 2.05) is 0 Å². The molecule has 0 aliphatic rings. The number of rotatable bonds is 12. The Morgan fingerprint density at radius 3 is 2.20 bits per heavy atom. The zero-order valence-corrected chi connectivity index (χ0v) is 10.5. The summed E-state index contributed by atoms with van der Waals surface area (Å²) in [5.74, 6) is 0. The molecule has 0 unspecified atom stereocenters. The molecule has 0 atom stereocenters. The summed E-state index contributed by atoms with van der Waals surface area (Å²) < 4.78 is 10.7. The normalized spacial score (nSPS) is 10.8. The van der Waals surface area contributed by atoms with Crippen molar-refractivity contribution in [1.82, 2.24) is 0 Å². The maximum Gasteiger partial charge on any atom is 0.109 e. The first-order chi connectivity index (χ1) is 7.41. The van der Waals surface area contributed by atoms with Crippen molar-refractivity contribution in [2.45, 2.75) is 58.8 Å². The van der Waals surface area contributed by atoms with Crippen LogP contribution in [0.5, 0.6) is 0 Å². The van der Waals surface area contributed by atoms with Crippen molar-refractivity contribution in [3.63, 3.8) is 0 Å². The fourth-order valence-corrected chi connectivity index (χ4v) is 1.33. The Balaban J connectivity index is 2.81. The van der Waals surface area contributed by atoms with Crippen molar-refractivity contribution in [3.8, 4) is 0 Å². The molecular weight excluding hydrogens is 188 g/mol. The van der Waals surface area contributed by atoms with E-state index in [1.165, 1.54) is 44.9 Å². The summed E-state index contributed by atoms with van der Waals surface area (Å²) in [5.41, 5.74) is 0. The second-order valence-electron chi connectivity index (χ2n) is 3.88. The van der Waals surface area contributed by atoms with Gasteiger partial charge in [-0.15, -0.1) is 0 Å². The van der Waals surface area contributed by atoms with Crippen molar-refractivity contribution >= 4 is 0 Å². The van der Waals surface area contributed by atoms with Crippen molar-refractivity contribution in [1.29, 1.82) is 0 Å². The largest absolute Gasteiger partial charge is 0.379 e. The van der Waals surface area contributed by atoms with E-state index in [4.69, 9.17) is 9.47 Å². The fraction of sp³-hybridized carbons (Fsp3) is 0.923. The van der Waals surface area contributed by atoms with Crippen molar-refractivity contribution in [2.75, 3.05) is 19.8 Å². The molecular formula is C13H27O2. The fourth-order valence-electron chi connectivity index (χ4n) is 1.33. The van der Waals surface area contributed by atoms with Crippen molar-refractivity contribution in [2.24, 2.45) is 0 Å². The molecule has 91 valence electrons. The molecule has 1 radical (unpaired) electrons. The third kappa shape index (κ3) is 13.9. The maximum absolute atomic E-state index is 5.38. The molecule has 0 aromatic heterocycles. The minimum atomic E-state index is 0.636. The Bertz CT molecular complexity index is 92.7. The van der Waals surface area contributed by atoms with Crippen molar-refractivity contribution in [3.05, 3.63) is 6.61 Å². The summed E-state index contributed by atoms with van der Waals surface area (Å²) >= 11 is 0. The summed E-state index contributed by atoms with van der Waals surface area (Å²) in [6.45, 7) is 8.56. The van der Waals surface area contributed by atoms with Crippen LogP contribution in [0.4, 0.5) is 0 Å². The smallest absolute Gasteiger partial charge is 0.109 e. The van der Waals surface area contributed by atoms with Gasteiger partial charge in [0.15, 0.2) is 0 Å². The third-order valence-electron chi connectivity index (χ3n) is 2.31. The van der Waals surface area contributed by atoms with Gasteiger partial charge in [-0.05, 0) is 12.8 Å². The van der Waals surface area contributed by atoms with E-state index in [-0.39, 0.29) is 0 Å². The molecule has 0 saturated carbocycles. The molecule has 2 nitrogen and oxygen atoms in total. The van der Waals surface area contributed by atoms with Crippen LogP contribution in [0.15, 0.2) is 0 Å². The van der Waals surface area contributed by atoms with Gasteiger partial charge in [0.25, 0.3) is 0 Å². The predicted octanol–water partition coefficient (Wildman–Crippen LogP) is 3.95. The molecule has 0 aromatic rings. The van der Waals surface area contributed by atoms with Gasteiger partial charge in [-0.25, -0.2) is 0 Å². The summed E-state index contributed by atoms with van der Waals surface area (Å²) in [6, 6.07) is 0. The number of ether oxygens (including phenoxy) is 2. The number of unbranched alkanes of at least 4 members (excludes halogenated alkanes) is 5. The highest BCUT2D eigenvalue weighted by Gasteiger charge is 1.91. The molecule has 0 aliphatic heterocycles. The Kier molecular flexibility index (Phi) is 13.8. The van der Waals surface area contributed by atoms with Gasteiger partial charge in [-0.3, -0.25) is 0 Å². The van der Waals surface area contributed by atoms with Crippen LogP contribution in [-0.2, 0) is 9.47 Å². The minimum absolute atomic E-state index is 0.636. The van der Waals surface area contributed by atoms with Crippen LogP contribution in [0.2, 0.25) is 0 Å². The van der Waals surface area contributed by atoms with Crippen LogP contribution in [0, 0.1) is 6.61 Å². The van der Waals surface area contributed by atoms with Crippen LogP contribution in [0.25, 0.3) is 0 Å². The Morgan fingerprint density at radius 1 is 0.800 bits per heavy atom. The average Bonchev–Trinajstić information content (AvgIpc) is 2.26. The van der Waals surface area contributed by atoms with E-state index in [0.717, 1.165) is 13.2 Å². The molecule has 0 saturated heterocycles. The first-order valence-corrected chi connectivity index (χ1v) is 6.42. The second kappa shape index (κ2) is 13.9. The molecule has 0 bridgehead atoms. The molecule has 0 fully saturated rings. The molecule has 0 aliphatic carbocycles. The number of hydrogen-bond acceptors (Lipinski definition) is 2. The summed E-state index contributed by atoms with van der Waals surface area (Å²) in [5, 5.41) is 0. The predicted molar refractivity (Wildman–Crippen MR) is 64.7 cm³/mol. The van der Waals surface area contributed by atoms with E-state index in [9.17, 15) is 0 Å². The van der Waals surface area contributed by atoms with Crippen LogP contribution in [-0.4, -0.2) is 19.8 Å². The maximum atomic E-state index is 5.38. The number of hydrogen-bond donors (Lipinski definition) is 0. The SMILES string of the molecule is CCCCCCO[CH]COCCCCC. The molecule has 0 N–H and O–H groups in total. The summed E-state index contributed by atoms with van der Waals surface area (Å²) in [4.78, 5) is 0. The highest BCUT2D eigenvalue weighted by molar-refractivity contribution is 4.48. The second-order valence-corrected chi connectivity index (χ2v) is 3.88. The molecule has 0 rings (SSSR count). The van der Waals surface area contributed by atoms with E-state index < -0.39 is 0 Å². The average molecular weight is 215 g/mol. The third-order valence-corrected chi connectivity index (χ3v) is 2.31. The monoisotopic (exact) mass is 215 g/mol. The van der Waals surface area contributed by atoms with Gasteiger partial charge < -0.3 is 9.47 Å². The van der Waals surface area contributed by atoms with E-state index >= 15 is 0 Å². The molecule has 15 heavy (non-hydrogen) atoms. The standard InChI is InChI=1S/C13H27O2/c1-3-5-7-9-11-15-13-12-14-10-8-6-4-2/h13H,3-12H2,1-2H3. The van der Waals surface area contributed by atoms with Crippen LogP contribution in [0.1, 0.15) is 58.8 Å². The van der Waals surface area contributed by atoms with Crippen LogP contribution < -0.4 is 0 Å². The van der Waals surface area contributed by atoms with Crippen LogP contribution >= 0.6 is 0 Å². The highest BCUT2D eigenvalue weighted by Crippen LogP contribution is 2.00. The summed E-state index contributed by atoms with van der Waals surface area (Å²) in [7, 11) is 0. The molecule has 0 spiro atoms. The lowest BCUT2D eigenvalue weighted by Gasteiger charge is -2.04. The van der Waals surface area contributed by atoms with Gasteiger partial charge in [0.05, 0.1) is 6.61 Å². The minimum Gasteiger partial charge on any atom is -0.379 e. The Hall–Kier alpha value is -0.0800. The van der Waals surface area contributed by atoms with Gasteiger partial charge in [0.1, 0.15) is 6.61 Å². The summed E-state index contributed by atoms with van der Waals surface area (Å²) in [6.07, 6.45) is 8.72.